The number of nitrogens with zero attached hydrogens (tertiary/aromatic N) is 3. The quantitative estimate of drug-likeness (QED) is 0.331. The molecule has 0 aliphatic carbocycles. The van der Waals surface area contributed by atoms with Gasteiger partial charge in [-0.2, -0.15) is 0 Å². The Kier molecular flexibility index (Phi) is 10.9. The monoisotopic (exact) mass is 519 g/mol. The van der Waals surface area contributed by atoms with Crippen molar-refractivity contribution in [2.75, 3.05) is 40.3 Å². The lowest BCUT2D eigenvalue weighted by Crippen LogP contribution is -2.45. The summed E-state index contributed by atoms with van der Waals surface area (Å²) >= 11 is 0. The molecule has 1 saturated heterocycles. The molecule has 6 nitrogen and oxygen atoms in total. The van der Waals surface area contributed by atoms with Crippen LogP contribution in [0.5, 0.6) is 0 Å². The van der Waals surface area contributed by atoms with E-state index in [1.54, 1.807) is 0 Å². The van der Waals surface area contributed by atoms with Gasteiger partial charge in [0.2, 0.25) is 5.91 Å². The average Bonchev–Trinajstić information content (AvgIpc) is 3.10. The predicted molar refractivity (Wildman–Crippen MR) is 127 cm³/mol. The third-order valence-corrected chi connectivity index (χ3v) is 4.98. The van der Waals surface area contributed by atoms with Crippen LogP contribution < -0.4 is 10.6 Å². The van der Waals surface area contributed by atoms with E-state index in [-0.39, 0.29) is 53.7 Å². The molecule has 2 N–H and O–H groups in total. The van der Waals surface area contributed by atoms with E-state index in [1.807, 2.05) is 51.9 Å². The molecule has 1 aromatic carbocycles. The number of hydrogen-bond acceptors (Lipinski definition) is 3. The fourth-order valence-electron chi connectivity index (χ4n) is 3.39. The largest absolute Gasteiger partial charge is 0.357 e. The Hall–Kier alpha value is -1.42. The summed E-state index contributed by atoms with van der Waals surface area (Å²) in [5.41, 5.74) is 1.03. The van der Waals surface area contributed by atoms with Gasteiger partial charge in [0.25, 0.3) is 0 Å². The Morgan fingerprint density at radius 3 is 2.52 bits per heavy atom. The third-order valence-electron chi connectivity index (χ3n) is 4.98. The zero-order valence-corrected chi connectivity index (χ0v) is 20.4. The fraction of sp³-hybridized carbons (Fsp3) is 0.619. The summed E-state index contributed by atoms with van der Waals surface area (Å²) in [6, 6.07) is 6.84. The maximum Gasteiger partial charge on any atom is 0.225 e. The van der Waals surface area contributed by atoms with Gasteiger partial charge in [0.05, 0.1) is 12.6 Å². The van der Waals surface area contributed by atoms with Gasteiger partial charge in [0.15, 0.2) is 5.96 Å². The second-order valence-electron chi connectivity index (χ2n) is 7.82. The Bertz CT molecular complexity index is 666. The van der Waals surface area contributed by atoms with Crippen molar-refractivity contribution < 1.29 is 9.18 Å². The van der Waals surface area contributed by atoms with Crippen molar-refractivity contribution in [3.8, 4) is 0 Å². The summed E-state index contributed by atoms with van der Waals surface area (Å²) in [5.74, 6) is 0.745. The fourth-order valence-corrected chi connectivity index (χ4v) is 3.39. The molecule has 1 amide bonds. The van der Waals surface area contributed by atoms with Crippen LogP contribution in [-0.4, -0.2) is 68.0 Å². The van der Waals surface area contributed by atoms with Crippen LogP contribution in [-0.2, 0) is 4.79 Å². The van der Waals surface area contributed by atoms with Crippen molar-refractivity contribution in [1.82, 2.24) is 20.4 Å². The lowest BCUT2D eigenvalue weighted by Gasteiger charge is -2.24. The normalized spacial score (nSPS) is 18.0. The van der Waals surface area contributed by atoms with Crippen molar-refractivity contribution in [3.05, 3.63) is 35.6 Å². The van der Waals surface area contributed by atoms with Crippen LogP contribution >= 0.6 is 24.0 Å². The van der Waals surface area contributed by atoms with E-state index < -0.39 is 0 Å². The molecule has 0 aromatic heterocycles. The minimum atomic E-state index is -0.235. The zero-order chi connectivity index (χ0) is 20.7. The van der Waals surface area contributed by atoms with Gasteiger partial charge in [-0.15, -0.1) is 24.0 Å². The molecule has 2 atom stereocenters. The van der Waals surface area contributed by atoms with Crippen molar-refractivity contribution in [1.29, 1.82) is 0 Å². The Morgan fingerprint density at radius 2 is 1.97 bits per heavy atom. The molecule has 0 bridgehead atoms. The first-order valence-corrected chi connectivity index (χ1v) is 10.1. The molecule has 1 aliphatic rings. The number of benzene rings is 1. The van der Waals surface area contributed by atoms with Crippen LogP contribution in [0, 0.1) is 11.7 Å². The number of hydrogen-bond donors (Lipinski definition) is 2. The summed E-state index contributed by atoms with van der Waals surface area (Å²) in [6.45, 7) is 8.70. The van der Waals surface area contributed by atoms with Crippen molar-refractivity contribution in [2.45, 2.75) is 39.3 Å². The molecular weight excluding hydrogens is 484 g/mol. The van der Waals surface area contributed by atoms with E-state index in [9.17, 15) is 9.18 Å². The number of likely N-dealkylation sites (N-methyl/N-ethyl adjacent to an activating group) is 1. The summed E-state index contributed by atoms with van der Waals surface area (Å²) in [6.07, 6.45) is 0.915. The highest BCUT2D eigenvalue weighted by Gasteiger charge is 2.28. The van der Waals surface area contributed by atoms with Crippen molar-refractivity contribution in [2.24, 2.45) is 10.9 Å². The Balaban J connectivity index is 0.00000420. The molecule has 1 aliphatic heterocycles. The first kappa shape index (κ1) is 25.6. The van der Waals surface area contributed by atoms with Gasteiger partial charge in [-0.3, -0.25) is 9.79 Å². The molecule has 29 heavy (non-hydrogen) atoms. The highest BCUT2D eigenvalue weighted by Crippen LogP contribution is 2.19. The molecule has 2 unspecified atom stereocenters. The van der Waals surface area contributed by atoms with Gasteiger partial charge in [0.1, 0.15) is 5.82 Å². The smallest absolute Gasteiger partial charge is 0.225 e. The van der Waals surface area contributed by atoms with Gasteiger partial charge >= 0.3 is 0 Å². The van der Waals surface area contributed by atoms with Crippen LogP contribution in [0.15, 0.2) is 29.3 Å². The number of halogens is 2. The van der Waals surface area contributed by atoms with E-state index in [2.05, 4.69) is 15.5 Å². The number of amides is 1. The highest BCUT2D eigenvalue weighted by atomic mass is 127. The van der Waals surface area contributed by atoms with Crippen LogP contribution in [0.25, 0.3) is 0 Å². The molecule has 8 heteroatoms. The molecule has 2 rings (SSSR count). The second-order valence-corrected chi connectivity index (χ2v) is 7.82. The molecular formula is C21H35FIN5O. The predicted octanol–water partition coefficient (Wildman–Crippen LogP) is 2.86. The van der Waals surface area contributed by atoms with Crippen LogP contribution in [0.2, 0.25) is 0 Å². The topological polar surface area (TPSA) is 60.0 Å². The number of carbonyl (C=O) groups excluding carboxylic acids is 1. The Labute approximate surface area is 191 Å². The maximum absolute atomic E-state index is 13.2. The summed E-state index contributed by atoms with van der Waals surface area (Å²) in [4.78, 5) is 21.0. The van der Waals surface area contributed by atoms with E-state index in [0.29, 0.717) is 13.1 Å². The lowest BCUT2D eigenvalue weighted by molar-refractivity contribution is -0.133. The summed E-state index contributed by atoms with van der Waals surface area (Å²) in [5, 5.41) is 6.75. The van der Waals surface area contributed by atoms with E-state index in [4.69, 9.17) is 4.99 Å². The Morgan fingerprint density at radius 1 is 1.31 bits per heavy atom. The molecule has 0 spiro atoms. The minimum absolute atomic E-state index is 0. The molecule has 0 saturated carbocycles. The number of nitrogens with one attached hydrogen (secondary N) is 2. The third kappa shape index (κ3) is 7.73. The number of guanidine groups is 1. The number of carbonyl (C=O) groups is 1. The number of rotatable bonds is 7. The lowest BCUT2D eigenvalue weighted by atomic mass is 10.1. The van der Waals surface area contributed by atoms with Gasteiger partial charge < -0.3 is 20.4 Å². The molecule has 1 heterocycles. The summed E-state index contributed by atoms with van der Waals surface area (Å²) in [7, 11) is 3.99. The van der Waals surface area contributed by atoms with Crippen LogP contribution in [0.4, 0.5) is 4.39 Å². The van der Waals surface area contributed by atoms with Crippen LogP contribution in [0.1, 0.15) is 38.8 Å². The van der Waals surface area contributed by atoms with Crippen molar-refractivity contribution in [3.63, 3.8) is 0 Å². The maximum atomic E-state index is 13.2. The van der Waals surface area contributed by atoms with Gasteiger partial charge in [-0.05, 0) is 45.1 Å². The molecule has 0 radical (unpaired) electrons. The SMILES string of the molecule is CCNC(=NCC(c1ccc(F)cc1)N(C)C)NC1CCN(C(=O)C(C)C)C1.I. The number of likely N-dealkylation sites (tertiary alicyclic amines) is 1. The van der Waals surface area contributed by atoms with E-state index in [0.717, 1.165) is 31.0 Å². The van der Waals surface area contributed by atoms with E-state index >= 15 is 0 Å². The van der Waals surface area contributed by atoms with Gasteiger partial charge in [-0.25, -0.2) is 4.39 Å². The van der Waals surface area contributed by atoms with Gasteiger partial charge in [-0.1, -0.05) is 26.0 Å². The summed E-state index contributed by atoms with van der Waals surface area (Å²) < 4.78 is 13.2. The first-order chi connectivity index (χ1) is 13.3. The van der Waals surface area contributed by atoms with Crippen molar-refractivity contribution >= 4 is 35.8 Å². The second kappa shape index (κ2) is 12.3. The molecule has 1 aromatic rings. The number of aliphatic imine (C=N–C) groups is 1. The minimum Gasteiger partial charge on any atom is -0.357 e. The highest BCUT2D eigenvalue weighted by molar-refractivity contribution is 14.0. The average molecular weight is 519 g/mol. The van der Waals surface area contributed by atoms with Crippen LogP contribution in [0.3, 0.4) is 0 Å². The van der Waals surface area contributed by atoms with E-state index in [1.165, 1.54) is 12.1 Å². The molecule has 164 valence electrons. The standard InChI is InChI=1S/C21H34FN5O.HI/c1-6-23-21(25-18-11-12-27(14-18)20(28)15(2)3)24-13-19(26(4)5)16-7-9-17(22)10-8-16;/h7-10,15,18-19H,6,11-14H2,1-5H3,(H2,23,24,25);1H. The zero-order valence-electron chi connectivity index (χ0n) is 18.1. The molecule has 1 fully saturated rings. The first-order valence-electron chi connectivity index (χ1n) is 10.1. The van der Waals surface area contributed by atoms with Gasteiger partial charge in [0, 0.05) is 31.6 Å².